The first kappa shape index (κ1) is 14.9. The first-order valence-electron chi connectivity index (χ1n) is 7.01. The number of likely N-dealkylation sites (tertiary alicyclic amines) is 1. The second-order valence-electron chi connectivity index (χ2n) is 4.94. The van der Waals surface area contributed by atoms with Crippen molar-refractivity contribution in [3.05, 3.63) is 0 Å². The summed E-state index contributed by atoms with van der Waals surface area (Å²) < 4.78 is 5.23. The molecule has 0 bridgehead atoms. The minimum Gasteiger partial charge on any atom is -0.383 e. The molecule has 3 N–H and O–H groups in total. The van der Waals surface area contributed by atoms with Crippen LogP contribution in [-0.2, 0) is 4.74 Å². The number of rotatable bonds is 9. The van der Waals surface area contributed by atoms with Gasteiger partial charge in [-0.1, -0.05) is 6.42 Å². The second kappa shape index (κ2) is 9.83. The van der Waals surface area contributed by atoms with E-state index in [-0.39, 0.29) is 0 Å². The number of ether oxygens (including phenoxy) is 1. The number of hydrogen-bond acceptors (Lipinski definition) is 4. The van der Waals surface area contributed by atoms with Gasteiger partial charge in [0.25, 0.3) is 0 Å². The zero-order valence-electron chi connectivity index (χ0n) is 11.3. The lowest BCUT2D eigenvalue weighted by Gasteiger charge is -2.27. The van der Waals surface area contributed by atoms with Gasteiger partial charge in [-0.05, 0) is 45.3 Å². The van der Waals surface area contributed by atoms with E-state index >= 15 is 0 Å². The van der Waals surface area contributed by atoms with Crippen molar-refractivity contribution in [2.45, 2.75) is 38.1 Å². The van der Waals surface area contributed by atoms with Gasteiger partial charge in [-0.3, -0.25) is 0 Å². The lowest BCUT2D eigenvalue weighted by molar-refractivity contribution is 0.156. The van der Waals surface area contributed by atoms with Crippen LogP contribution in [0.1, 0.15) is 32.1 Å². The molecule has 0 spiro atoms. The van der Waals surface area contributed by atoms with E-state index in [0.29, 0.717) is 6.04 Å². The van der Waals surface area contributed by atoms with Crippen LogP contribution in [0, 0.1) is 0 Å². The highest BCUT2D eigenvalue weighted by molar-refractivity contribution is 4.70. The maximum Gasteiger partial charge on any atom is 0.0615 e. The zero-order valence-corrected chi connectivity index (χ0v) is 11.3. The van der Waals surface area contributed by atoms with Crippen LogP contribution >= 0.6 is 0 Å². The molecule has 4 heteroatoms. The number of nitrogens with two attached hydrogens (primary N) is 1. The molecule has 17 heavy (non-hydrogen) atoms. The molecule has 102 valence electrons. The summed E-state index contributed by atoms with van der Waals surface area (Å²) in [6, 6.07) is 0.466. The molecule has 0 aromatic heterocycles. The van der Waals surface area contributed by atoms with Crippen LogP contribution in [0.5, 0.6) is 0 Å². The molecular weight excluding hydrogens is 214 g/mol. The predicted octanol–water partition coefficient (Wildman–Crippen LogP) is 0.816. The topological polar surface area (TPSA) is 50.5 Å². The van der Waals surface area contributed by atoms with E-state index in [1.807, 2.05) is 0 Å². The maximum absolute atomic E-state index is 5.54. The third-order valence-corrected chi connectivity index (χ3v) is 3.43. The van der Waals surface area contributed by atoms with Crippen molar-refractivity contribution in [3.8, 4) is 0 Å². The standard InChI is InChI=1S/C13H29N3O/c1-17-12-13(6-5-7-14)15-8-11-16-9-3-2-4-10-16/h13,15H,2-12,14H2,1H3. The molecule has 1 fully saturated rings. The quantitative estimate of drug-likeness (QED) is 0.629. The lowest BCUT2D eigenvalue weighted by atomic mass is 10.1. The number of methoxy groups -OCH3 is 1. The van der Waals surface area contributed by atoms with Crippen molar-refractivity contribution in [2.75, 3.05) is 46.4 Å². The normalized spacial score (nSPS) is 19.4. The van der Waals surface area contributed by atoms with E-state index < -0.39 is 0 Å². The Balaban J connectivity index is 2.07. The molecule has 4 nitrogen and oxygen atoms in total. The van der Waals surface area contributed by atoms with Crippen molar-refractivity contribution in [1.29, 1.82) is 0 Å². The fourth-order valence-electron chi connectivity index (χ4n) is 2.42. The van der Waals surface area contributed by atoms with Gasteiger partial charge >= 0.3 is 0 Å². The highest BCUT2D eigenvalue weighted by Crippen LogP contribution is 2.07. The van der Waals surface area contributed by atoms with Crippen LogP contribution in [0.25, 0.3) is 0 Å². The average Bonchev–Trinajstić information content (AvgIpc) is 2.37. The molecule has 0 aliphatic carbocycles. The summed E-state index contributed by atoms with van der Waals surface area (Å²) in [6.07, 6.45) is 6.34. The maximum atomic E-state index is 5.54. The molecule has 0 radical (unpaired) electrons. The molecule has 1 rings (SSSR count). The van der Waals surface area contributed by atoms with Gasteiger partial charge in [-0.15, -0.1) is 0 Å². The molecule has 0 aromatic rings. The molecule has 0 saturated carbocycles. The monoisotopic (exact) mass is 243 g/mol. The van der Waals surface area contributed by atoms with Gasteiger partial charge in [-0.25, -0.2) is 0 Å². The summed E-state index contributed by atoms with van der Waals surface area (Å²) in [5.74, 6) is 0. The highest BCUT2D eigenvalue weighted by atomic mass is 16.5. The van der Waals surface area contributed by atoms with Crippen molar-refractivity contribution < 1.29 is 4.74 Å². The van der Waals surface area contributed by atoms with E-state index in [1.54, 1.807) is 7.11 Å². The lowest BCUT2D eigenvalue weighted by Crippen LogP contribution is -2.41. The largest absolute Gasteiger partial charge is 0.383 e. The third kappa shape index (κ3) is 6.99. The smallest absolute Gasteiger partial charge is 0.0615 e. The van der Waals surface area contributed by atoms with Crippen LogP contribution in [-0.4, -0.2) is 57.4 Å². The molecular formula is C13H29N3O. The SMILES string of the molecule is COCC(CCCN)NCCN1CCCCC1. The number of hydrogen-bond donors (Lipinski definition) is 2. The third-order valence-electron chi connectivity index (χ3n) is 3.43. The Hall–Kier alpha value is -0.160. The van der Waals surface area contributed by atoms with Gasteiger partial charge in [0.05, 0.1) is 6.61 Å². The summed E-state index contributed by atoms with van der Waals surface area (Å²) in [7, 11) is 1.77. The molecule has 1 aliphatic rings. The molecule has 0 amide bonds. The number of nitrogens with one attached hydrogen (secondary N) is 1. The fourth-order valence-corrected chi connectivity index (χ4v) is 2.42. The Bertz CT molecular complexity index is 172. The van der Waals surface area contributed by atoms with Gasteiger partial charge in [0, 0.05) is 26.2 Å². The minimum absolute atomic E-state index is 0.466. The Labute approximate surface area is 106 Å². The predicted molar refractivity (Wildman–Crippen MR) is 72.2 cm³/mol. The molecule has 1 heterocycles. The fraction of sp³-hybridized carbons (Fsp3) is 1.00. The minimum atomic E-state index is 0.466. The van der Waals surface area contributed by atoms with Gasteiger partial charge in [0.15, 0.2) is 0 Å². The Morgan fingerprint density at radius 3 is 2.71 bits per heavy atom. The van der Waals surface area contributed by atoms with Crippen LogP contribution in [0.4, 0.5) is 0 Å². The first-order chi connectivity index (χ1) is 8.36. The summed E-state index contributed by atoms with van der Waals surface area (Å²) >= 11 is 0. The zero-order chi connectivity index (χ0) is 12.3. The Morgan fingerprint density at radius 1 is 1.29 bits per heavy atom. The van der Waals surface area contributed by atoms with Gasteiger partial charge in [0.1, 0.15) is 0 Å². The van der Waals surface area contributed by atoms with E-state index in [0.717, 1.165) is 32.5 Å². The van der Waals surface area contributed by atoms with Gasteiger partial charge in [0.2, 0.25) is 0 Å². The molecule has 1 atom stereocenters. The summed E-state index contributed by atoms with van der Waals surface area (Å²) in [4.78, 5) is 2.56. The van der Waals surface area contributed by atoms with Crippen LogP contribution in [0.2, 0.25) is 0 Å². The van der Waals surface area contributed by atoms with Crippen molar-refractivity contribution in [3.63, 3.8) is 0 Å². The number of piperidine rings is 1. The van der Waals surface area contributed by atoms with E-state index in [1.165, 1.54) is 38.9 Å². The van der Waals surface area contributed by atoms with Crippen LogP contribution < -0.4 is 11.1 Å². The van der Waals surface area contributed by atoms with Crippen molar-refractivity contribution in [2.24, 2.45) is 5.73 Å². The van der Waals surface area contributed by atoms with E-state index in [4.69, 9.17) is 10.5 Å². The Kier molecular flexibility index (Phi) is 8.61. The van der Waals surface area contributed by atoms with Crippen LogP contribution in [0.3, 0.4) is 0 Å². The summed E-state index contributed by atoms with van der Waals surface area (Å²) in [5.41, 5.74) is 5.54. The van der Waals surface area contributed by atoms with E-state index in [9.17, 15) is 0 Å². The Morgan fingerprint density at radius 2 is 2.06 bits per heavy atom. The van der Waals surface area contributed by atoms with Crippen molar-refractivity contribution in [1.82, 2.24) is 10.2 Å². The first-order valence-corrected chi connectivity index (χ1v) is 7.01. The second-order valence-corrected chi connectivity index (χ2v) is 4.94. The molecule has 1 aliphatic heterocycles. The molecule has 1 saturated heterocycles. The average molecular weight is 243 g/mol. The van der Waals surface area contributed by atoms with Crippen molar-refractivity contribution >= 4 is 0 Å². The van der Waals surface area contributed by atoms with Gasteiger partial charge < -0.3 is 20.7 Å². The van der Waals surface area contributed by atoms with Gasteiger partial charge in [-0.2, -0.15) is 0 Å². The highest BCUT2D eigenvalue weighted by Gasteiger charge is 2.11. The number of nitrogens with zero attached hydrogens (tertiary/aromatic N) is 1. The van der Waals surface area contributed by atoms with Crippen LogP contribution in [0.15, 0.2) is 0 Å². The summed E-state index contributed by atoms with van der Waals surface area (Å²) in [5, 5.41) is 3.58. The summed E-state index contributed by atoms with van der Waals surface area (Å²) in [6.45, 7) is 6.36. The molecule has 0 aromatic carbocycles. The molecule has 1 unspecified atom stereocenters. The van der Waals surface area contributed by atoms with E-state index in [2.05, 4.69) is 10.2 Å².